The van der Waals surface area contributed by atoms with Crippen LogP contribution >= 0.6 is 0 Å². The zero-order valence-corrected chi connectivity index (χ0v) is 24.3. The van der Waals surface area contributed by atoms with E-state index in [4.69, 9.17) is 0 Å². The monoisotopic (exact) mass is 588 g/mol. The van der Waals surface area contributed by atoms with Crippen molar-refractivity contribution in [1.82, 2.24) is 39.4 Å². The van der Waals surface area contributed by atoms with Crippen molar-refractivity contribution in [1.29, 1.82) is 0 Å². The highest BCUT2D eigenvalue weighted by atomic mass is 32.2. The predicted molar refractivity (Wildman–Crippen MR) is 159 cm³/mol. The van der Waals surface area contributed by atoms with E-state index in [-0.39, 0.29) is 30.1 Å². The molecule has 0 unspecified atom stereocenters. The molecule has 13 nitrogen and oxygen atoms in total. The van der Waals surface area contributed by atoms with E-state index in [1.54, 1.807) is 53.7 Å². The normalized spacial score (nSPS) is 14.0. The molecule has 1 aliphatic rings. The highest BCUT2D eigenvalue weighted by Gasteiger charge is 2.30. The lowest BCUT2D eigenvalue weighted by Crippen LogP contribution is -2.53. The van der Waals surface area contributed by atoms with E-state index in [0.29, 0.717) is 47.9 Å². The molecule has 0 bridgehead atoms. The van der Waals surface area contributed by atoms with Gasteiger partial charge in [0.15, 0.2) is 5.82 Å². The molecule has 4 aromatic rings. The van der Waals surface area contributed by atoms with Gasteiger partial charge in [-0.15, -0.1) is 0 Å². The van der Waals surface area contributed by atoms with Crippen molar-refractivity contribution < 1.29 is 13.2 Å². The number of nitrogens with one attached hydrogen (secondary N) is 3. The Morgan fingerprint density at radius 3 is 2.21 bits per heavy atom. The number of urea groups is 1. The Morgan fingerprint density at radius 2 is 1.52 bits per heavy atom. The van der Waals surface area contributed by atoms with E-state index in [1.165, 1.54) is 4.31 Å². The number of aryl methyl sites for hydroxylation is 1. The lowest BCUT2D eigenvalue weighted by Gasteiger charge is -2.34. The lowest BCUT2D eigenvalue weighted by molar-refractivity contribution is 0.170. The smallest absolute Gasteiger partial charge is 0.317 e. The van der Waals surface area contributed by atoms with Crippen LogP contribution in [0.5, 0.6) is 0 Å². The standard InChI is InChI=1S/C28H32N10O3S/c1-19(2)31-28(39)37-15-17-38(18-16-37)42(40,41)22-9-7-21(8-10-22)33-27-30-14-12-25(36-27)34-24-11-13-29-26(35-24)23-6-4-5-20(3)32-23/h4-14,19H,15-18H2,1-3H3,(H,31,39)(H2,29,30,33,34,35,36). The highest BCUT2D eigenvalue weighted by molar-refractivity contribution is 7.89. The maximum Gasteiger partial charge on any atom is 0.317 e. The van der Waals surface area contributed by atoms with Gasteiger partial charge in [0.25, 0.3) is 0 Å². The fraction of sp³-hybridized carbons (Fsp3) is 0.286. The summed E-state index contributed by atoms with van der Waals surface area (Å²) in [6.45, 7) is 6.81. The van der Waals surface area contributed by atoms with Crippen molar-refractivity contribution in [3.05, 3.63) is 72.7 Å². The molecule has 218 valence electrons. The van der Waals surface area contributed by atoms with Gasteiger partial charge >= 0.3 is 6.03 Å². The van der Waals surface area contributed by atoms with Gasteiger partial charge in [0.2, 0.25) is 16.0 Å². The number of carbonyl (C=O) groups is 1. The van der Waals surface area contributed by atoms with Gasteiger partial charge in [-0.05, 0) is 69.3 Å². The average Bonchev–Trinajstić information content (AvgIpc) is 2.97. The molecule has 0 saturated carbocycles. The molecule has 42 heavy (non-hydrogen) atoms. The van der Waals surface area contributed by atoms with E-state index in [1.807, 2.05) is 39.0 Å². The quantitative estimate of drug-likeness (QED) is 0.278. The second kappa shape index (κ2) is 12.4. The minimum atomic E-state index is -3.70. The van der Waals surface area contributed by atoms with Crippen LogP contribution in [0.2, 0.25) is 0 Å². The summed E-state index contributed by atoms with van der Waals surface area (Å²) in [5, 5.41) is 9.10. The number of rotatable bonds is 8. The molecule has 1 fully saturated rings. The van der Waals surface area contributed by atoms with E-state index in [9.17, 15) is 13.2 Å². The van der Waals surface area contributed by atoms with Gasteiger partial charge < -0.3 is 20.9 Å². The maximum atomic E-state index is 13.2. The minimum absolute atomic E-state index is 0.0179. The fourth-order valence-corrected chi connectivity index (χ4v) is 5.72. The number of sulfonamides is 1. The zero-order chi connectivity index (χ0) is 29.7. The molecule has 3 aromatic heterocycles. The number of amides is 2. The first kappa shape index (κ1) is 28.8. The van der Waals surface area contributed by atoms with E-state index in [0.717, 1.165) is 5.69 Å². The number of hydrogen-bond acceptors (Lipinski definition) is 10. The molecular weight excluding hydrogens is 556 g/mol. The maximum absolute atomic E-state index is 13.2. The Labute approximate surface area is 244 Å². The highest BCUT2D eigenvalue weighted by Crippen LogP contribution is 2.22. The first-order chi connectivity index (χ1) is 20.2. The number of carbonyl (C=O) groups excluding carboxylic acids is 1. The number of pyridine rings is 1. The summed E-state index contributed by atoms with van der Waals surface area (Å²) < 4.78 is 27.8. The largest absolute Gasteiger partial charge is 0.336 e. The number of hydrogen-bond donors (Lipinski definition) is 3. The fourth-order valence-electron chi connectivity index (χ4n) is 4.30. The molecule has 2 amide bonds. The van der Waals surface area contributed by atoms with Gasteiger partial charge in [-0.3, -0.25) is 0 Å². The molecule has 0 aliphatic carbocycles. The van der Waals surface area contributed by atoms with Crippen molar-refractivity contribution in [3.8, 4) is 11.5 Å². The van der Waals surface area contributed by atoms with Crippen LogP contribution in [0, 0.1) is 6.92 Å². The Hall–Kier alpha value is -4.69. The summed E-state index contributed by atoms with van der Waals surface area (Å²) in [6.07, 6.45) is 3.25. The van der Waals surface area contributed by atoms with Crippen molar-refractivity contribution >= 4 is 39.3 Å². The van der Waals surface area contributed by atoms with Crippen LogP contribution < -0.4 is 16.0 Å². The molecule has 0 atom stereocenters. The van der Waals surface area contributed by atoms with Gasteiger partial charge in [0.1, 0.15) is 17.3 Å². The summed E-state index contributed by atoms with van der Waals surface area (Å²) in [4.78, 5) is 36.1. The summed E-state index contributed by atoms with van der Waals surface area (Å²) in [6, 6.07) is 15.3. The molecule has 14 heteroatoms. The van der Waals surface area contributed by atoms with Crippen LogP contribution in [0.3, 0.4) is 0 Å². The van der Waals surface area contributed by atoms with Crippen LogP contribution in [-0.2, 0) is 10.0 Å². The Balaban J connectivity index is 1.21. The summed E-state index contributed by atoms with van der Waals surface area (Å²) in [7, 11) is -3.70. The second-order valence-corrected chi connectivity index (χ2v) is 11.9. The summed E-state index contributed by atoms with van der Waals surface area (Å²) in [5.74, 6) is 1.87. The van der Waals surface area contributed by atoms with E-state index < -0.39 is 10.0 Å². The van der Waals surface area contributed by atoms with Crippen LogP contribution in [0.25, 0.3) is 11.5 Å². The average molecular weight is 589 g/mol. The van der Waals surface area contributed by atoms with Gasteiger partial charge in [0, 0.05) is 56.0 Å². The molecular formula is C28H32N10O3S. The molecule has 1 saturated heterocycles. The van der Waals surface area contributed by atoms with Crippen molar-refractivity contribution in [2.45, 2.75) is 31.7 Å². The number of anilines is 4. The zero-order valence-electron chi connectivity index (χ0n) is 23.5. The van der Waals surface area contributed by atoms with Gasteiger partial charge in [0.05, 0.1) is 4.90 Å². The first-order valence-electron chi connectivity index (χ1n) is 13.5. The van der Waals surface area contributed by atoms with Crippen molar-refractivity contribution in [2.75, 3.05) is 36.8 Å². The SMILES string of the molecule is Cc1cccc(-c2nccc(Nc3ccnc(Nc4ccc(S(=O)(=O)N5CCN(C(=O)NC(C)C)CC5)cc4)n3)n2)n1. The topological polar surface area (TPSA) is 158 Å². The van der Waals surface area contributed by atoms with Crippen LogP contribution in [0.15, 0.2) is 71.9 Å². The molecule has 3 N–H and O–H groups in total. The number of nitrogens with zero attached hydrogens (tertiary/aromatic N) is 7. The summed E-state index contributed by atoms with van der Waals surface area (Å²) in [5.41, 5.74) is 2.17. The molecule has 5 rings (SSSR count). The summed E-state index contributed by atoms with van der Waals surface area (Å²) >= 11 is 0. The Bertz CT molecular complexity index is 1660. The van der Waals surface area contributed by atoms with Crippen LogP contribution in [-0.4, -0.2) is 80.8 Å². The number of aromatic nitrogens is 5. The van der Waals surface area contributed by atoms with Gasteiger partial charge in [-0.25, -0.2) is 33.1 Å². The molecule has 0 spiro atoms. The van der Waals surface area contributed by atoms with Crippen LogP contribution in [0.1, 0.15) is 19.5 Å². The van der Waals surface area contributed by atoms with Gasteiger partial charge in [-0.1, -0.05) is 6.07 Å². The first-order valence-corrected chi connectivity index (χ1v) is 14.9. The number of piperazine rings is 1. The van der Waals surface area contributed by atoms with Crippen molar-refractivity contribution in [3.63, 3.8) is 0 Å². The second-order valence-electron chi connectivity index (χ2n) is 9.96. The molecule has 1 aromatic carbocycles. The third-order valence-electron chi connectivity index (χ3n) is 6.37. The van der Waals surface area contributed by atoms with Gasteiger partial charge in [-0.2, -0.15) is 9.29 Å². The third-order valence-corrected chi connectivity index (χ3v) is 8.28. The van der Waals surface area contributed by atoms with Crippen molar-refractivity contribution in [2.24, 2.45) is 0 Å². The Kier molecular flexibility index (Phi) is 8.54. The lowest BCUT2D eigenvalue weighted by atomic mass is 10.3. The van der Waals surface area contributed by atoms with E-state index >= 15 is 0 Å². The molecule has 4 heterocycles. The van der Waals surface area contributed by atoms with E-state index in [2.05, 4.69) is 40.9 Å². The molecule has 0 radical (unpaired) electrons. The molecule has 1 aliphatic heterocycles. The van der Waals surface area contributed by atoms with Crippen LogP contribution in [0.4, 0.5) is 28.1 Å². The minimum Gasteiger partial charge on any atom is -0.336 e. The number of benzene rings is 1. The Morgan fingerprint density at radius 1 is 0.833 bits per heavy atom. The third kappa shape index (κ3) is 6.95. The predicted octanol–water partition coefficient (Wildman–Crippen LogP) is 3.55.